The van der Waals surface area contributed by atoms with Gasteiger partial charge in [-0.1, -0.05) is 25.7 Å². The Morgan fingerprint density at radius 2 is 1.81 bits per heavy atom. The first kappa shape index (κ1) is 12.1. The van der Waals surface area contributed by atoms with Crippen molar-refractivity contribution in [1.29, 1.82) is 0 Å². The van der Waals surface area contributed by atoms with Crippen LogP contribution in [0.25, 0.3) is 0 Å². The highest BCUT2D eigenvalue weighted by Crippen LogP contribution is 2.38. The summed E-state index contributed by atoms with van der Waals surface area (Å²) in [6.07, 6.45) is 10.1. The molecule has 2 aliphatic carbocycles. The van der Waals surface area contributed by atoms with Crippen molar-refractivity contribution in [3.8, 4) is 0 Å². The number of Topliss-reactive ketones (excluding diaryl/α,β-unsaturated/α-hetero) is 1. The number of ketones is 1. The summed E-state index contributed by atoms with van der Waals surface area (Å²) in [7, 11) is 0. The Bertz CT molecular complexity index is 235. The van der Waals surface area contributed by atoms with Gasteiger partial charge in [0.1, 0.15) is 5.60 Å². The van der Waals surface area contributed by atoms with Gasteiger partial charge in [0.25, 0.3) is 0 Å². The predicted octanol–water partition coefficient (Wildman–Crippen LogP) is 3.49. The highest BCUT2D eigenvalue weighted by atomic mass is 16.5. The third kappa shape index (κ3) is 2.85. The smallest absolute Gasteiger partial charge is 0.164 e. The lowest BCUT2D eigenvalue weighted by molar-refractivity contribution is -0.146. The molecule has 0 aromatic rings. The van der Waals surface area contributed by atoms with Crippen LogP contribution in [0.5, 0.6) is 0 Å². The quantitative estimate of drug-likeness (QED) is 0.668. The van der Waals surface area contributed by atoms with E-state index >= 15 is 0 Å². The molecule has 0 saturated heterocycles. The highest BCUT2D eigenvalue weighted by Gasteiger charge is 2.41. The van der Waals surface area contributed by atoms with Gasteiger partial charge in [-0.15, -0.1) is 0 Å². The van der Waals surface area contributed by atoms with E-state index in [9.17, 15) is 4.79 Å². The van der Waals surface area contributed by atoms with Crippen LogP contribution < -0.4 is 0 Å². The van der Waals surface area contributed by atoms with E-state index in [2.05, 4.69) is 0 Å². The number of hydrogen-bond acceptors (Lipinski definition) is 2. The molecule has 16 heavy (non-hydrogen) atoms. The second kappa shape index (κ2) is 5.31. The Labute approximate surface area is 98.7 Å². The van der Waals surface area contributed by atoms with Crippen LogP contribution in [0.2, 0.25) is 0 Å². The number of hydrogen-bond donors (Lipinski definition) is 0. The van der Waals surface area contributed by atoms with Crippen LogP contribution >= 0.6 is 0 Å². The number of carbonyl (C=O) groups excluding carboxylic acids is 1. The molecule has 0 radical (unpaired) electrons. The summed E-state index contributed by atoms with van der Waals surface area (Å²) in [4.78, 5) is 12.4. The average Bonchev–Trinajstić information content (AvgIpc) is 3.06. The van der Waals surface area contributed by atoms with E-state index in [1.165, 1.54) is 25.7 Å². The van der Waals surface area contributed by atoms with Crippen LogP contribution in [-0.4, -0.2) is 18.0 Å². The van der Waals surface area contributed by atoms with Crippen molar-refractivity contribution < 1.29 is 9.53 Å². The fourth-order valence-electron chi connectivity index (χ4n) is 2.85. The fraction of sp³-hybridized carbons (Fsp3) is 0.929. The molecule has 0 spiro atoms. The van der Waals surface area contributed by atoms with E-state index in [0.717, 1.165) is 32.1 Å². The van der Waals surface area contributed by atoms with Crippen molar-refractivity contribution >= 4 is 5.78 Å². The monoisotopic (exact) mass is 224 g/mol. The molecule has 2 nitrogen and oxygen atoms in total. The third-order valence-electron chi connectivity index (χ3n) is 4.01. The Morgan fingerprint density at radius 3 is 2.31 bits per heavy atom. The molecule has 0 heterocycles. The van der Waals surface area contributed by atoms with Crippen LogP contribution in [0.3, 0.4) is 0 Å². The van der Waals surface area contributed by atoms with Crippen LogP contribution in [0.15, 0.2) is 0 Å². The molecule has 2 rings (SSSR count). The number of rotatable bonds is 5. The minimum Gasteiger partial charge on any atom is -0.368 e. The molecule has 2 saturated carbocycles. The van der Waals surface area contributed by atoms with Crippen molar-refractivity contribution in [2.75, 3.05) is 6.61 Å². The Kier molecular flexibility index (Phi) is 4.01. The zero-order valence-electron chi connectivity index (χ0n) is 10.5. The minimum atomic E-state index is -0.395. The molecule has 0 atom stereocenters. The standard InChI is InChI=1S/C14H24O2/c1-2-16-14(9-5-3-4-6-10-14)13(15)11-12-7-8-12/h12H,2-11H2,1H3. The molecule has 0 N–H and O–H groups in total. The van der Waals surface area contributed by atoms with Crippen molar-refractivity contribution in [3.05, 3.63) is 0 Å². The zero-order valence-corrected chi connectivity index (χ0v) is 10.5. The predicted molar refractivity (Wildman–Crippen MR) is 64.4 cm³/mol. The van der Waals surface area contributed by atoms with E-state index < -0.39 is 5.60 Å². The van der Waals surface area contributed by atoms with Gasteiger partial charge in [0.05, 0.1) is 0 Å². The molecule has 0 aromatic heterocycles. The largest absolute Gasteiger partial charge is 0.368 e. The van der Waals surface area contributed by atoms with Gasteiger partial charge in [0, 0.05) is 13.0 Å². The first-order chi connectivity index (χ1) is 7.77. The Hall–Kier alpha value is -0.370. The maximum Gasteiger partial charge on any atom is 0.164 e. The molecule has 92 valence electrons. The normalized spacial score (nSPS) is 25.1. The van der Waals surface area contributed by atoms with Gasteiger partial charge in [0.2, 0.25) is 0 Å². The molecule has 0 bridgehead atoms. The molecule has 0 aliphatic heterocycles. The zero-order chi connectivity index (χ0) is 11.4. The van der Waals surface area contributed by atoms with Crippen molar-refractivity contribution in [2.24, 2.45) is 5.92 Å². The van der Waals surface area contributed by atoms with Crippen LogP contribution in [0, 0.1) is 5.92 Å². The lowest BCUT2D eigenvalue weighted by Crippen LogP contribution is -2.41. The second-order valence-electron chi connectivity index (χ2n) is 5.41. The van der Waals surface area contributed by atoms with Crippen molar-refractivity contribution in [3.63, 3.8) is 0 Å². The molecule has 2 aliphatic rings. The van der Waals surface area contributed by atoms with Gasteiger partial charge in [-0.25, -0.2) is 0 Å². The molecule has 0 amide bonds. The SMILES string of the molecule is CCOC1(C(=O)CC2CC2)CCCCCC1. The molecule has 0 unspecified atom stereocenters. The maximum absolute atomic E-state index is 12.4. The summed E-state index contributed by atoms with van der Waals surface area (Å²) < 4.78 is 5.89. The molecule has 2 heteroatoms. The minimum absolute atomic E-state index is 0.395. The fourth-order valence-corrected chi connectivity index (χ4v) is 2.85. The lowest BCUT2D eigenvalue weighted by Gasteiger charge is -2.31. The summed E-state index contributed by atoms with van der Waals surface area (Å²) in [5, 5.41) is 0. The second-order valence-corrected chi connectivity index (χ2v) is 5.41. The Balaban J connectivity index is 2.01. The number of carbonyl (C=O) groups is 1. The first-order valence-electron chi connectivity index (χ1n) is 6.94. The van der Waals surface area contributed by atoms with Gasteiger partial charge in [-0.3, -0.25) is 4.79 Å². The van der Waals surface area contributed by atoms with E-state index in [4.69, 9.17) is 4.74 Å². The molecular weight excluding hydrogens is 200 g/mol. The number of ether oxygens (including phenoxy) is 1. The first-order valence-corrected chi connectivity index (χ1v) is 6.94. The summed E-state index contributed by atoms with van der Waals surface area (Å²) in [6.45, 7) is 2.69. The van der Waals surface area contributed by atoms with Crippen molar-refractivity contribution in [2.45, 2.75) is 70.3 Å². The van der Waals surface area contributed by atoms with Crippen LogP contribution in [0.1, 0.15) is 64.7 Å². The van der Waals surface area contributed by atoms with E-state index in [1.807, 2.05) is 6.92 Å². The highest BCUT2D eigenvalue weighted by molar-refractivity contribution is 5.87. The molecule has 0 aromatic carbocycles. The van der Waals surface area contributed by atoms with Gasteiger partial charge >= 0.3 is 0 Å². The summed E-state index contributed by atoms with van der Waals surface area (Å²) in [5.41, 5.74) is -0.395. The van der Waals surface area contributed by atoms with Gasteiger partial charge in [-0.05, 0) is 38.5 Å². The summed E-state index contributed by atoms with van der Waals surface area (Å²) in [6, 6.07) is 0. The van der Waals surface area contributed by atoms with Crippen LogP contribution in [0.4, 0.5) is 0 Å². The maximum atomic E-state index is 12.4. The van der Waals surface area contributed by atoms with Crippen molar-refractivity contribution in [1.82, 2.24) is 0 Å². The molecular formula is C14H24O2. The van der Waals surface area contributed by atoms with Gasteiger partial charge in [0.15, 0.2) is 5.78 Å². The summed E-state index contributed by atoms with van der Waals surface area (Å²) >= 11 is 0. The van der Waals surface area contributed by atoms with E-state index in [-0.39, 0.29) is 0 Å². The van der Waals surface area contributed by atoms with Gasteiger partial charge in [-0.2, -0.15) is 0 Å². The average molecular weight is 224 g/mol. The molecule has 2 fully saturated rings. The van der Waals surface area contributed by atoms with Crippen LogP contribution in [-0.2, 0) is 9.53 Å². The topological polar surface area (TPSA) is 26.3 Å². The Morgan fingerprint density at radius 1 is 1.19 bits per heavy atom. The third-order valence-corrected chi connectivity index (χ3v) is 4.01. The van der Waals surface area contributed by atoms with E-state index in [1.54, 1.807) is 0 Å². The van der Waals surface area contributed by atoms with E-state index in [0.29, 0.717) is 18.3 Å². The van der Waals surface area contributed by atoms with Gasteiger partial charge < -0.3 is 4.74 Å². The summed E-state index contributed by atoms with van der Waals surface area (Å²) in [5.74, 6) is 1.09. The lowest BCUT2D eigenvalue weighted by atomic mass is 9.86.